The molecule has 104 valence electrons. The second-order valence-corrected chi connectivity index (χ2v) is 4.97. The Bertz CT molecular complexity index is 457. The number of hydrogen-bond acceptors (Lipinski definition) is 2. The second kappa shape index (κ2) is 6.10. The van der Waals surface area contributed by atoms with Gasteiger partial charge < -0.3 is 10.6 Å². The molecule has 0 unspecified atom stereocenters. The molecule has 1 aromatic rings. The standard InChI is InChI=1S/C14H18F2N2O/c15-12-1-2-13(16)11(7-12)8-14(19)18-5-3-10(9-17)4-6-18/h1-2,7,10H,3-6,8-9,17H2. The normalized spacial score (nSPS) is 16.7. The number of piperidine rings is 1. The average molecular weight is 268 g/mol. The predicted molar refractivity (Wildman–Crippen MR) is 68.4 cm³/mol. The lowest BCUT2D eigenvalue weighted by atomic mass is 9.96. The van der Waals surface area contributed by atoms with Crippen LogP contribution in [-0.4, -0.2) is 30.4 Å². The van der Waals surface area contributed by atoms with Gasteiger partial charge >= 0.3 is 0 Å². The van der Waals surface area contributed by atoms with Crippen LogP contribution >= 0.6 is 0 Å². The Balaban J connectivity index is 1.96. The number of likely N-dealkylation sites (tertiary alicyclic amines) is 1. The molecule has 5 heteroatoms. The minimum atomic E-state index is -0.536. The fraction of sp³-hybridized carbons (Fsp3) is 0.500. The number of rotatable bonds is 3. The Morgan fingerprint density at radius 3 is 2.63 bits per heavy atom. The van der Waals surface area contributed by atoms with Gasteiger partial charge in [-0.2, -0.15) is 0 Å². The predicted octanol–water partition coefficient (Wildman–Crippen LogP) is 1.70. The molecule has 1 fully saturated rings. The van der Waals surface area contributed by atoms with E-state index in [-0.39, 0.29) is 17.9 Å². The lowest BCUT2D eigenvalue weighted by Gasteiger charge is -2.31. The van der Waals surface area contributed by atoms with Crippen molar-refractivity contribution in [3.8, 4) is 0 Å². The van der Waals surface area contributed by atoms with Crippen LogP contribution in [0.3, 0.4) is 0 Å². The van der Waals surface area contributed by atoms with Crippen LogP contribution in [0.15, 0.2) is 18.2 Å². The maximum absolute atomic E-state index is 13.5. The van der Waals surface area contributed by atoms with E-state index in [1.165, 1.54) is 0 Å². The van der Waals surface area contributed by atoms with Crippen molar-refractivity contribution < 1.29 is 13.6 Å². The molecule has 0 aromatic heterocycles. The summed E-state index contributed by atoms with van der Waals surface area (Å²) in [7, 11) is 0. The van der Waals surface area contributed by atoms with Gasteiger partial charge in [-0.3, -0.25) is 4.79 Å². The first kappa shape index (κ1) is 13.9. The summed E-state index contributed by atoms with van der Waals surface area (Å²) < 4.78 is 26.5. The van der Waals surface area contributed by atoms with Crippen LogP contribution in [0.2, 0.25) is 0 Å². The molecule has 0 saturated carbocycles. The molecule has 1 heterocycles. The summed E-state index contributed by atoms with van der Waals surface area (Å²) in [6.45, 7) is 1.94. The molecule has 0 atom stereocenters. The number of hydrogen-bond donors (Lipinski definition) is 1. The van der Waals surface area contributed by atoms with Crippen molar-refractivity contribution in [2.24, 2.45) is 11.7 Å². The first-order valence-electron chi connectivity index (χ1n) is 6.52. The van der Waals surface area contributed by atoms with Gasteiger partial charge in [0.2, 0.25) is 5.91 Å². The molecule has 2 N–H and O–H groups in total. The lowest BCUT2D eigenvalue weighted by Crippen LogP contribution is -2.40. The molecule has 19 heavy (non-hydrogen) atoms. The minimum absolute atomic E-state index is 0.0864. The van der Waals surface area contributed by atoms with Gasteiger partial charge in [0.1, 0.15) is 11.6 Å². The van der Waals surface area contributed by atoms with Gasteiger partial charge in [0.15, 0.2) is 0 Å². The van der Waals surface area contributed by atoms with Gasteiger partial charge in [-0.25, -0.2) is 8.78 Å². The number of halogens is 2. The van der Waals surface area contributed by atoms with Crippen molar-refractivity contribution >= 4 is 5.91 Å². The van der Waals surface area contributed by atoms with E-state index >= 15 is 0 Å². The lowest BCUT2D eigenvalue weighted by molar-refractivity contribution is -0.131. The fourth-order valence-electron chi connectivity index (χ4n) is 2.37. The number of carbonyl (C=O) groups excluding carboxylic acids is 1. The Hall–Kier alpha value is -1.49. The Labute approximate surface area is 111 Å². The zero-order chi connectivity index (χ0) is 13.8. The van der Waals surface area contributed by atoms with Gasteiger partial charge in [0.25, 0.3) is 0 Å². The van der Waals surface area contributed by atoms with Gasteiger partial charge in [-0.15, -0.1) is 0 Å². The van der Waals surface area contributed by atoms with E-state index in [2.05, 4.69) is 0 Å². The molecule has 1 aromatic carbocycles. The minimum Gasteiger partial charge on any atom is -0.342 e. The SMILES string of the molecule is NCC1CCN(C(=O)Cc2cc(F)ccc2F)CC1. The van der Waals surface area contributed by atoms with Crippen LogP contribution in [0, 0.1) is 17.6 Å². The van der Waals surface area contributed by atoms with Crippen molar-refractivity contribution in [1.82, 2.24) is 4.90 Å². The quantitative estimate of drug-likeness (QED) is 0.907. The van der Waals surface area contributed by atoms with Crippen LogP contribution in [0.5, 0.6) is 0 Å². The molecular weight excluding hydrogens is 250 g/mol. The van der Waals surface area contributed by atoms with Crippen LogP contribution < -0.4 is 5.73 Å². The molecule has 0 aliphatic carbocycles. The zero-order valence-corrected chi connectivity index (χ0v) is 10.7. The van der Waals surface area contributed by atoms with E-state index in [9.17, 15) is 13.6 Å². The third kappa shape index (κ3) is 3.50. The summed E-state index contributed by atoms with van der Waals surface area (Å²) in [4.78, 5) is 13.7. The van der Waals surface area contributed by atoms with Crippen LogP contribution in [-0.2, 0) is 11.2 Å². The average Bonchev–Trinajstić information content (AvgIpc) is 2.43. The Morgan fingerprint density at radius 1 is 1.32 bits per heavy atom. The number of carbonyl (C=O) groups is 1. The van der Waals surface area contributed by atoms with Gasteiger partial charge in [-0.1, -0.05) is 0 Å². The van der Waals surface area contributed by atoms with Crippen LogP contribution in [0.1, 0.15) is 18.4 Å². The molecule has 0 radical (unpaired) electrons. The highest BCUT2D eigenvalue weighted by atomic mass is 19.1. The van der Waals surface area contributed by atoms with Crippen molar-refractivity contribution in [2.45, 2.75) is 19.3 Å². The van der Waals surface area contributed by atoms with Crippen LogP contribution in [0.25, 0.3) is 0 Å². The molecule has 3 nitrogen and oxygen atoms in total. The third-order valence-corrected chi connectivity index (χ3v) is 3.65. The van der Waals surface area contributed by atoms with E-state index in [1.54, 1.807) is 4.90 Å². The molecule has 1 amide bonds. The van der Waals surface area contributed by atoms with Gasteiger partial charge in [0.05, 0.1) is 6.42 Å². The second-order valence-electron chi connectivity index (χ2n) is 4.97. The molecular formula is C14H18F2N2O. The summed E-state index contributed by atoms with van der Waals surface area (Å²) in [6.07, 6.45) is 1.68. The molecule has 0 spiro atoms. The largest absolute Gasteiger partial charge is 0.342 e. The topological polar surface area (TPSA) is 46.3 Å². The summed E-state index contributed by atoms with van der Waals surface area (Å²) in [6, 6.07) is 3.19. The number of nitrogens with two attached hydrogens (primary N) is 1. The number of benzene rings is 1. The van der Waals surface area contributed by atoms with Crippen molar-refractivity contribution in [2.75, 3.05) is 19.6 Å². The van der Waals surface area contributed by atoms with Crippen molar-refractivity contribution in [3.63, 3.8) is 0 Å². The Kier molecular flexibility index (Phi) is 4.47. The Morgan fingerprint density at radius 2 is 2.00 bits per heavy atom. The molecule has 1 aliphatic heterocycles. The summed E-state index contributed by atoms with van der Waals surface area (Å²) >= 11 is 0. The summed E-state index contributed by atoms with van der Waals surface area (Å²) in [5.74, 6) is -0.743. The fourth-order valence-corrected chi connectivity index (χ4v) is 2.37. The number of amides is 1. The third-order valence-electron chi connectivity index (χ3n) is 3.65. The molecule has 1 saturated heterocycles. The maximum Gasteiger partial charge on any atom is 0.227 e. The van der Waals surface area contributed by atoms with E-state index in [0.717, 1.165) is 31.0 Å². The number of nitrogens with zero attached hydrogens (tertiary/aromatic N) is 1. The zero-order valence-electron chi connectivity index (χ0n) is 10.7. The van der Waals surface area contributed by atoms with E-state index < -0.39 is 11.6 Å². The first-order valence-corrected chi connectivity index (χ1v) is 6.52. The van der Waals surface area contributed by atoms with Crippen molar-refractivity contribution in [3.05, 3.63) is 35.4 Å². The van der Waals surface area contributed by atoms with E-state index in [0.29, 0.717) is 25.6 Å². The maximum atomic E-state index is 13.5. The van der Waals surface area contributed by atoms with Crippen LogP contribution in [0.4, 0.5) is 8.78 Å². The highest BCUT2D eigenvalue weighted by Gasteiger charge is 2.22. The first-order chi connectivity index (χ1) is 9.10. The van der Waals surface area contributed by atoms with Gasteiger partial charge in [-0.05, 0) is 43.5 Å². The summed E-state index contributed by atoms with van der Waals surface area (Å²) in [5.41, 5.74) is 5.71. The monoisotopic (exact) mass is 268 g/mol. The molecule has 2 rings (SSSR count). The molecule has 0 bridgehead atoms. The molecule has 1 aliphatic rings. The highest BCUT2D eigenvalue weighted by molar-refractivity contribution is 5.78. The van der Waals surface area contributed by atoms with E-state index in [1.807, 2.05) is 0 Å². The van der Waals surface area contributed by atoms with Gasteiger partial charge in [0, 0.05) is 18.7 Å². The van der Waals surface area contributed by atoms with Crippen molar-refractivity contribution in [1.29, 1.82) is 0 Å². The summed E-state index contributed by atoms with van der Waals surface area (Å²) in [5, 5.41) is 0. The highest BCUT2D eigenvalue weighted by Crippen LogP contribution is 2.18. The van der Waals surface area contributed by atoms with E-state index in [4.69, 9.17) is 5.73 Å². The smallest absolute Gasteiger partial charge is 0.227 e.